The SMILES string of the molecule is Cc1ccc(C)c(S(=O)(=O)NC2CCc3nncn3CC2)c1. The Morgan fingerprint density at radius 3 is 2.91 bits per heavy atom. The summed E-state index contributed by atoms with van der Waals surface area (Å²) in [4.78, 5) is 0.371. The molecule has 0 amide bonds. The van der Waals surface area contributed by atoms with E-state index in [9.17, 15) is 8.42 Å². The number of rotatable bonds is 3. The largest absolute Gasteiger partial charge is 0.318 e. The van der Waals surface area contributed by atoms with Crippen molar-refractivity contribution in [3.05, 3.63) is 41.5 Å². The van der Waals surface area contributed by atoms with Crippen LogP contribution in [-0.2, 0) is 23.0 Å². The highest BCUT2D eigenvalue weighted by atomic mass is 32.2. The molecule has 1 aromatic carbocycles. The average Bonchev–Trinajstić information content (AvgIpc) is 2.84. The standard InChI is InChI=1S/C15H20N4O2S/c1-11-3-4-12(2)14(9-11)22(20,21)18-13-5-6-15-17-16-10-19(15)8-7-13/h3-4,9-10,13,18H,5-8H2,1-2H3. The molecule has 2 heterocycles. The third-order valence-corrected chi connectivity index (χ3v) is 5.75. The Hall–Kier alpha value is -1.73. The normalized spacial score (nSPS) is 18.7. The van der Waals surface area contributed by atoms with E-state index < -0.39 is 10.0 Å². The van der Waals surface area contributed by atoms with Crippen molar-refractivity contribution in [3.8, 4) is 0 Å². The lowest BCUT2D eigenvalue weighted by Gasteiger charge is -2.17. The number of aromatic nitrogens is 3. The molecule has 1 N–H and O–H groups in total. The fourth-order valence-electron chi connectivity index (χ4n) is 2.80. The van der Waals surface area contributed by atoms with Gasteiger partial charge in [-0.3, -0.25) is 0 Å². The van der Waals surface area contributed by atoms with Crippen molar-refractivity contribution in [2.75, 3.05) is 0 Å². The first-order valence-electron chi connectivity index (χ1n) is 7.42. The predicted molar refractivity (Wildman–Crippen MR) is 83.0 cm³/mol. The van der Waals surface area contributed by atoms with Gasteiger partial charge in [0, 0.05) is 19.0 Å². The van der Waals surface area contributed by atoms with E-state index in [1.807, 2.05) is 30.5 Å². The minimum atomic E-state index is -3.49. The quantitative estimate of drug-likeness (QED) is 0.931. The van der Waals surface area contributed by atoms with Gasteiger partial charge in [-0.05, 0) is 43.9 Å². The minimum absolute atomic E-state index is 0.0772. The van der Waals surface area contributed by atoms with Gasteiger partial charge in [0.1, 0.15) is 12.2 Å². The summed E-state index contributed by atoms with van der Waals surface area (Å²) in [6.07, 6.45) is 3.93. The van der Waals surface area contributed by atoms with Gasteiger partial charge in [-0.15, -0.1) is 10.2 Å². The van der Waals surface area contributed by atoms with Crippen LogP contribution in [0.1, 0.15) is 29.8 Å². The molecule has 0 fully saturated rings. The van der Waals surface area contributed by atoms with Gasteiger partial charge in [0.25, 0.3) is 0 Å². The average molecular weight is 320 g/mol. The third-order valence-electron chi connectivity index (χ3n) is 4.09. The maximum Gasteiger partial charge on any atom is 0.241 e. The molecule has 0 saturated heterocycles. The lowest BCUT2D eigenvalue weighted by Crippen LogP contribution is -2.35. The van der Waals surface area contributed by atoms with Crippen LogP contribution in [-0.4, -0.2) is 29.2 Å². The zero-order valence-electron chi connectivity index (χ0n) is 12.8. The van der Waals surface area contributed by atoms with E-state index in [4.69, 9.17) is 0 Å². The van der Waals surface area contributed by atoms with Crippen LogP contribution in [0.2, 0.25) is 0 Å². The van der Waals surface area contributed by atoms with Crippen molar-refractivity contribution in [1.82, 2.24) is 19.5 Å². The Bertz CT molecular complexity index is 760. The maximum atomic E-state index is 12.7. The van der Waals surface area contributed by atoms with Crippen LogP contribution in [0.25, 0.3) is 0 Å². The lowest BCUT2D eigenvalue weighted by atomic mass is 10.1. The number of sulfonamides is 1. The second kappa shape index (κ2) is 5.81. The summed E-state index contributed by atoms with van der Waals surface area (Å²) in [5.74, 6) is 0.924. The second-order valence-electron chi connectivity index (χ2n) is 5.86. The summed E-state index contributed by atoms with van der Waals surface area (Å²) in [5.41, 5.74) is 1.71. The Balaban J connectivity index is 1.77. The Labute approximate surface area is 130 Å². The molecule has 1 aromatic heterocycles. The molecule has 22 heavy (non-hydrogen) atoms. The Morgan fingerprint density at radius 1 is 1.27 bits per heavy atom. The number of hydrogen-bond donors (Lipinski definition) is 1. The second-order valence-corrected chi connectivity index (χ2v) is 7.54. The fourth-order valence-corrected chi connectivity index (χ4v) is 4.43. The summed E-state index contributed by atoms with van der Waals surface area (Å²) >= 11 is 0. The third kappa shape index (κ3) is 3.05. The zero-order chi connectivity index (χ0) is 15.7. The molecule has 1 aliphatic rings. The van der Waals surface area contributed by atoms with Crippen LogP contribution < -0.4 is 4.72 Å². The summed E-state index contributed by atoms with van der Waals surface area (Å²) < 4.78 is 30.1. The molecule has 3 rings (SSSR count). The van der Waals surface area contributed by atoms with E-state index in [-0.39, 0.29) is 6.04 Å². The molecular weight excluding hydrogens is 300 g/mol. The Kier molecular flexibility index (Phi) is 4.01. The van der Waals surface area contributed by atoms with Crippen LogP contribution in [0, 0.1) is 13.8 Å². The predicted octanol–water partition coefficient (Wildman–Crippen LogP) is 1.58. The first kappa shape index (κ1) is 15.2. The van der Waals surface area contributed by atoms with E-state index in [1.54, 1.807) is 12.4 Å². The number of hydrogen-bond acceptors (Lipinski definition) is 4. The molecule has 0 bridgehead atoms. The van der Waals surface area contributed by atoms with Crippen LogP contribution in [0.5, 0.6) is 0 Å². The molecule has 0 radical (unpaired) electrons. The minimum Gasteiger partial charge on any atom is -0.318 e. The van der Waals surface area contributed by atoms with Gasteiger partial charge in [0.2, 0.25) is 10.0 Å². The van der Waals surface area contributed by atoms with Gasteiger partial charge in [-0.25, -0.2) is 13.1 Å². The van der Waals surface area contributed by atoms with E-state index >= 15 is 0 Å². The van der Waals surface area contributed by atoms with Gasteiger partial charge in [-0.1, -0.05) is 12.1 Å². The van der Waals surface area contributed by atoms with Crippen LogP contribution >= 0.6 is 0 Å². The first-order valence-corrected chi connectivity index (χ1v) is 8.90. The summed E-state index contributed by atoms with van der Waals surface area (Å²) in [6.45, 7) is 4.46. The summed E-state index contributed by atoms with van der Waals surface area (Å²) in [5, 5.41) is 7.96. The summed E-state index contributed by atoms with van der Waals surface area (Å²) in [6, 6.07) is 5.42. The van der Waals surface area contributed by atoms with Gasteiger partial charge in [0.05, 0.1) is 4.90 Å². The van der Waals surface area contributed by atoms with Gasteiger partial charge >= 0.3 is 0 Å². The Morgan fingerprint density at radius 2 is 2.09 bits per heavy atom. The topological polar surface area (TPSA) is 76.9 Å². The smallest absolute Gasteiger partial charge is 0.241 e. The highest BCUT2D eigenvalue weighted by Crippen LogP contribution is 2.19. The van der Waals surface area contributed by atoms with E-state index in [2.05, 4.69) is 14.9 Å². The molecule has 0 aliphatic carbocycles. The van der Waals surface area contributed by atoms with Crippen molar-refractivity contribution >= 4 is 10.0 Å². The van der Waals surface area contributed by atoms with Gasteiger partial charge in [-0.2, -0.15) is 0 Å². The number of nitrogens with one attached hydrogen (secondary N) is 1. The van der Waals surface area contributed by atoms with Crippen molar-refractivity contribution in [2.45, 2.75) is 50.6 Å². The number of aryl methyl sites for hydroxylation is 4. The van der Waals surface area contributed by atoms with Crippen molar-refractivity contribution in [2.24, 2.45) is 0 Å². The fraction of sp³-hybridized carbons (Fsp3) is 0.467. The molecule has 1 atom stereocenters. The van der Waals surface area contributed by atoms with Gasteiger partial charge < -0.3 is 4.57 Å². The van der Waals surface area contributed by atoms with Crippen LogP contribution in [0.3, 0.4) is 0 Å². The number of nitrogens with zero attached hydrogens (tertiary/aromatic N) is 3. The highest BCUT2D eigenvalue weighted by Gasteiger charge is 2.24. The molecule has 6 nitrogen and oxygen atoms in total. The number of benzene rings is 1. The van der Waals surface area contributed by atoms with E-state index in [0.29, 0.717) is 4.90 Å². The van der Waals surface area contributed by atoms with Crippen LogP contribution in [0.4, 0.5) is 0 Å². The van der Waals surface area contributed by atoms with Crippen molar-refractivity contribution in [3.63, 3.8) is 0 Å². The number of fused-ring (bicyclic) bond motifs is 1. The lowest BCUT2D eigenvalue weighted by molar-refractivity contribution is 0.496. The van der Waals surface area contributed by atoms with Crippen molar-refractivity contribution < 1.29 is 8.42 Å². The molecule has 1 unspecified atom stereocenters. The van der Waals surface area contributed by atoms with Crippen molar-refractivity contribution in [1.29, 1.82) is 0 Å². The molecule has 118 valence electrons. The van der Waals surface area contributed by atoms with E-state index in [1.165, 1.54) is 0 Å². The molecule has 0 saturated carbocycles. The molecule has 2 aromatic rings. The van der Waals surface area contributed by atoms with Crippen LogP contribution in [0.15, 0.2) is 29.4 Å². The molecule has 0 spiro atoms. The van der Waals surface area contributed by atoms with Gasteiger partial charge in [0.15, 0.2) is 0 Å². The highest BCUT2D eigenvalue weighted by molar-refractivity contribution is 7.89. The monoisotopic (exact) mass is 320 g/mol. The summed E-state index contributed by atoms with van der Waals surface area (Å²) in [7, 11) is -3.49. The zero-order valence-corrected chi connectivity index (χ0v) is 13.6. The molecule has 1 aliphatic heterocycles. The molecular formula is C15H20N4O2S. The maximum absolute atomic E-state index is 12.7. The van der Waals surface area contributed by atoms with E-state index in [0.717, 1.165) is 42.8 Å². The molecule has 7 heteroatoms. The first-order chi connectivity index (χ1) is 10.5.